The Hall–Kier alpha value is -2.07. The number of anilines is 1. The summed E-state index contributed by atoms with van der Waals surface area (Å²) in [7, 11) is -3.99. The fraction of sp³-hybridized carbons (Fsp3) is 0.391. The van der Waals surface area contributed by atoms with E-state index < -0.39 is 34.3 Å². The van der Waals surface area contributed by atoms with E-state index in [2.05, 4.69) is 5.32 Å². The number of halogens is 4. The van der Waals surface area contributed by atoms with E-state index in [0.29, 0.717) is 18.5 Å². The third kappa shape index (κ3) is 7.96. The van der Waals surface area contributed by atoms with Crippen LogP contribution in [0.25, 0.3) is 0 Å². The molecule has 0 unspecified atom stereocenters. The Balaban J connectivity index is 2.48. The SMILES string of the molecule is CCCNC(=O)[C@H](CC)N(Cc1ccc(F)cc1)C(=O)CN(c1cc(Cl)c(Cl)cc1Cl)S(C)(=O)=O. The molecule has 0 radical (unpaired) electrons. The van der Waals surface area contributed by atoms with Gasteiger partial charge in [0, 0.05) is 13.1 Å². The molecule has 0 saturated carbocycles. The minimum atomic E-state index is -3.99. The fourth-order valence-electron chi connectivity index (χ4n) is 3.37. The maximum atomic E-state index is 13.6. The van der Waals surface area contributed by atoms with Gasteiger partial charge in [0.25, 0.3) is 0 Å². The Kier molecular flexibility index (Phi) is 10.6. The number of hydrogen-bond donors (Lipinski definition) is 1. The van der Waals surface area contributed by atoms with E-state index in [0.717, 1.165) is 10.6 Å². The number of rotatable bonds is 11. The van der Waals surface area contributed by atoms with Gasteiger partial charge in [-0.3, -0.25) is 13.9 Å². The lowest BCUT2D eigenvalue weighted by molar-refractivity contribution is -0.140. The number of benzene rings is 2. The smallest absolute Gasteiger partial charge is 0.244 e. The highest BCUT2D eigenvalue weighted by molar-refractivity contribution is 7.92. The van der Waals surface area contributed by atoms with Crippen LogP contribution < -0.4 is 9.62 Å². The summed E-state index contributed by atoms with van der Waals surface area (Å²) in [5.41, 5.74) is 0.544. The van der Waals surface area contributed by atoms with Crippen LogP contribution in [0.1, 0.15) is 32.3 Å². The summed E-state index contributed by atoms with van der Waals surface area (Å²) >= 11 is 18.3. The lowest BCUT2D eigenvalue weighted by atomic mass is 10.1. The molecule has 0 fully saturated rings. The Labute approximate surface area is 220 Å². The first kappa shape index (κ1) is 29.2. The minimum Gasteiger partial charge on any atom is -0.354 e. The average molecular weight is 567 g/mol. The van der Waals surface area contributed by atoms with Crippen molar-refractivity contribution in [2.75, 3.05) is 23.7 Å². The van der Waals surface area contributed by atoms with Gasteiger partial charge >= 0.3 is 0 Å². The second-order valence-corrected chi connectivity index (χ2v) is 11.0. The van der Waals surface area contributed by atoms with Crippen molar-refractivity contribution in [3.05, 3.63) is 62.8 Å². The Morgan fingerprint density at radius 1 is 1.03 bits per heavy atom. The zero-order chi connectivity index (χ0) is 26.3. The maximum Gasteiger partial charge on any atom is 0.244 e. The highest BCUT2D eigenvalue weighted by atomic mass is 35.5. The fourth-order valence-corrected chi connectivity index (χ4v) is 4.92. The van der Waals surface area contributed by atoms with Gasteiger partial charge in [0.2, 0.25) is 21.8 Å². The van der Waals surface area contributed by atoms with Gasteiger partial charge in [0.05, 0.1) is 27.0 Å². The van der Waals surface area contributed by atoms with Gasteiger partial charge in [-0.05, 0) is 42.7 Å². The van der Waals surface area contributed by atoms with Gasteiger partial charge in [-0.2, -0.15) is 0 Å². The summed E-state index contributed by atoms with van der Waals surface area (Å²) in [4.78, 5) is 27.7. The summed E-state index contributed by atoms with van der Waals surface area (Å²) < 4.78 is 39.5. The van der Waals surface area contributed by atoms with E-state index in [1.54, 1.807) is 6.92 Å². The topological polar surface area (TPSA) is 86.8 Å². The first-order chi connectivity index (χ1) is 16.4. The van der Waals surface area contributed by atoms with Gasteiger partial charge in [0.15, 0.2) is 0 Å². The second kappa shape index (κ2) is 12.8. The van der Waals surface area contributed by atoms with E-state index in [4.69, 9.17) is 34.8 Å². The normalized spacial score (nSPS) is 12.2. The quantitative estimate of drug-likeness (QED) is 0.393. The number of carbonyl (C=O) groups is 2. The lowest BCUT2D eigenvalue weighted by Gasteiger charge is -2.33. The van der Waals surface area contributed by atoms with Gasteiger partial charge in [0.1, 0.15) is 18.4 Å². The van der Waals surface area contributed by atoms with Gasteiger partial charge in [-0.25, -0.2) is 12.8 Å². The van der Waals surface area contributed by atoms with E-state index in [-0.39, 0.29) is 39.6 Å². The Bertz CT molecular complexity index is 1160. The average Bonchev–Trinajstić information content (AvgIpc) is 2.79. The van der Waals surface area contributed by atoms with Crippen LogP contribution in [0.15, 0.2) is 36.4 Å². The number of nitrogens with zero attached hydrogens (tertiary/aromatic N) is 2. The van der Waals surface area contributed by atoms with Crippen molar-refractivity contribution in [2.45, 2.75) is 39.3 Å². The Morgan fingerprint density at radius 3 is 2.17 bits per heavy atom. The summed E-state index contributed by atoms with van der Waals surface area (Å²) in [6, 6.07) is 7.14. The van der Waals surface area contributed by atoms with Gasteiger partial charge < -0.3 is 10.2 Å². The molecule has 1 atom stereocenters. The molecular formula is C23H27Cl3FN3O4S. The molecule has 1 N–H and O–H groups in total. The zero-order valence-electron chi connectivity index (χ0n) is 19.5. The first-order valence-electron chi connectivity index (χ1n) is 10.8. The molecule has 0 spiro atoms. The summed E-state index contributed by atoms with van der Waals surface area (Å²) in [5.74, 6) is -1.47. The number of hydrogen-bond acceptors (Lipinski definition) is 4. The lowest BCUT2D eigenvalue weighted by Crippen LogP contribution is -2.52. The van der Waals surface area contributed by atoms with Crippen molar-refractivity contribution in [3.8, 4) is 0 Å². The van der Waals surface area contributed by atoms with E-state index in [9.17, 15) is 22.4 Å². The Morgan fingerprint density at radius 2 is 1.63 bits per heavy atom. The molecule has 2 rings (SSSR count). The highest BCUT2D eigenvalue weighted by Gasteiger charge is 2.32. The molecule has 35 heavy (non-hydrogen) atoms. The van der Waals surface area contributed by atoms with Crippen LogP contribution in [0.4, 0.5) is 10.1 Å². The van der Waals surface area contributed by atoms with Crippen LogP contribution in [0.3, 0.4) is 0 Å². The summed E-state index contributed by atoms with van der Waals surface area (Å²) in [6.07, 6.45) is 1.90. The number of amides is 2. The van der Waals surface area contributed by atoms with Crippen LogP contribution >= 0.6 is 34.8 Å². The van der Waals surface area contributed by atoms with Crippen molar-refractivity contribution in [3.63, 3.8) is 0 Å². The molecule has 0 aliphatic rings. The molecule has 7 nitrogen and oxygen atoms in total. The monoisotopic (exact) mass is 565 g/mol. The molecule has 2 aromatic rings. The van der Waals surface area contributed by atoms with Crippen LogP contribution in [0.5, 0.6) is 0 Å². The van der Waals surface area contributed by atoms with E-state index >= 15 is 0 Å². The van der Waals surface area contributed by atoms with Crippen LogP contribution in [-0.4, -0.2) is 50.5 Å². The van der Waals surface area contributed by atoms with E-state index in [1.165, 1.54) is 41.3 Å². The van der Waals surface area contributed by atoms with Crippen molar-refractivity contribution in [1.82, 2.24) is 10.2 Å². The van der Waals surface area contributed by atoms with Crippen LogP contribution in [0.2, 0.25) is 15.1 Å². The molecule has 0 aromatic heterocycles. The molecule has 0 aliphatic heterocycles. The molecule has 2 amide bonds. The molecule has 12 heteroatoms. The van der Waals surface area contributed by atoms with Gasteiger partial charge in [-0.1, -0.05) is 60.8 Å². The number of sulfonamides is 1. The largest absolute Gasteiger partial charge is 0.354 e. The maximum absolute atomic E-state index is 13.6. The molecule has 2 aromatic carbocycles. The highest BCUT2D eigenvalue weighted by Crippen LogP contribution is 2.35. The summed E-state index contributed by atoms with van der Waals surface area (Å²) in [5, 5.41) is 2.93. The molecule has 0 bridgehead atoms. The van der Waals surface area contributed by atoms with Crippen molar-refractivity contribution in [1.29, 1.82) is 0 Å². The molecule has 0 saturated heterocycles. The predicted molar refractivity (Wildman–Crippen MR) is 138 cm³/mol. The van der Waals surface area contributed by atoms with Crippen LogP contribution in [0, 0.1) is 5.82 Å². The van der Waals surface area contributed by atoms with Crippen molar-refractivity contribution < 1.29 is 22.4 Å². The zero-order valence-corrected chi connectivity index (χ0v) is 22.6. The third-order valence-electron chi connectivity index (χ3n) is 5.14. The standard InChI is InChI=1S/C23H27Cl3FN3O4S/c1-4-10-28-23(32)20(5-2)29(13-15-6-8-16(27)9-7-15)22(31)14-30(35(3,33)34)21-12-18(25)17(24)11-19(21)26/h6-9,11-12,20H,4-5,10,13-14H2,1-3H3,(H,28,32)/t20-/m0/s1. The van der Waals surface area contributed by atoms with Crippen molar-refractivity contribution in [2.24, 2.45) is 0 Å². The second-order valence-electron chi connectivity index (χ2n) is 7.85. The number of nitrogens with one attached hydrogen (secondary N) is 1. The molecule has 0 heterocycles. The predicted octanol–water partition coefficient (Wildman–Crippen LogP) is 4.89. The summed E-state index contributed by atoms with van der Waals surface area (Å²) in [6.45, 7) is 3.38. The van der Waals surface area contributed by atoms with Crippen molar-refractivity contribution >= 4 is 62.3 Å². The number of carbonyl (C=O) groups excluding carboxylic acids is 2. The molecular weight excluding hydrogens is 540 g/mol. The van der Waals surface area contributed by atoms with Gasteiger partial charge in [-0.15, -0.1) is 0 Å². The minimum absolute atomic E-state index is 0.0181. The third-order valence-corrected chi connectivity index (χ3v) is 7.29. The van der Waals surface area contributed by atoms with E-state index in [1.807, 2.05) is 6.92 Å². The molecule has 0 aliphatic carbocycles. The van der Waals surface area contributed by atoms with Crippen LogP contribution in [-0.2, 0) is 26.2 Å². The first-order valence-corrected chi connectivity index (χ1v) is 13.8. The molecule has 192 valence electrons.